The highest BCUT2D eigenvalue weighted by Crippen LogP contribution is 2.36. The number of aliphatic carboxylic acids is 1. The number of hydrogen-bond acceptors (Lipinski definition) is 6. The van der Waals surface area contributed by atoms with Crippen LogP contribution in [0.15, 0.2) is 12.1 Å². The molecular weight excluding hydrogens is 288 g/mol. The Hall–Kier alpha value is -1.99. The van der Waals surface area contributed by atoms with Gasteiger partial charge in [0, 0.05) is 31.1 Å². The van der Waals surface area contributed by atoms with E-state index in [-0.39, 0.29) is 6.42 Å². The Morgan fingerprint density at radius 1 is 1.32 bits per heavy atom. The second-order valence-electron chi connectivity index (χ2n) is 5.08. The van der Waals surface area contributed by atoms with Crippen LogP contribution in [0.4, 0.5) is 5.69 Å². The van der Waals surface area contributed by atoms with Gasteiger partial charge < -0.3 is 30.0 Å². The van der Waals surface area contributed by atoms with Gasteiger partial charge in [-0.15, -0.1) is 0 Å². The van der Waals surface area contributed by atoms with Crippen LogP contribution in [0.2, 0.25) is 0 Å². The van der Waals surface area contributed by atoms with Crippen molar-refractivity contribution in [2.24, 2.45) is 5.73 Å². The van der Waals surface area contributed by atoms with Crippen molar-refractivity contribution in [3.63, 3.8) is 0 Å². The molecule has 3 N–H and O–H groups in total. The maximum absolute atomic E-state index is 11.0. The van der Waals surface area contributed by atoms with Crippen molar-refractivity contribution >= 4 is 11.7 Å². The third-order valence-electron chi connectivity index (χ3n) is 3.69. The molecular formula is C15H22N2O5. The van der Waals surface area contributed by atoms with Gasteiger partial charge >= 0.3 is 5.97 Å². The molecule has 0 saturated carbocycles. The summed E-state index contributed by atoms with van der Waals surface area (Å²) < 4.78 is 16.2. The molecule has 1 aliphatic rings. The van der Waals surface area contributed by atoms with E-state index in [0.29, 0.717) is 30.3 Å². The first-order chi connectivity index (χ1) is 10.6. The largest absolute Gasteiger partial charge is 0.496 e. The number of carboxylic acid groups (broad SMARTS) is 1. The molecule has 1 saturated heterocycles. The average Bonchev–Trinajstić information content (AvgIpc) is 2.55. The molecule has 1 aromatic rings. The molecule has 0 aromatic heterocycles. The zero-order chi connectivity index (χ0) is 16.1. The first kappa shape index (κ1) is 16.4. The number of anilines is 1. The Bertz CT molecular complexity index is 529. The first-order valence-electron chi connectivity index (χ1n) is 7.12. The third kappa shape index (κ3) is 3.61. The molecule has 7 heteroatoms. The number of ether oxygens (including phenoxy) is 3. The predicted molar refractivity (Wildman–Crippen MR) is 81.9 cm³/mol. The molecule has 0 amide bonds. The van der Waals surface area contributed by atoms with E-state index in [1.807, 2.05) is 6.07 Å². The molecule has 1 heterocycles. The molecule has 7 nitrogen and oxygen atoms in total. The summed E-state index contributed by atoms with van der Waals surface area (Å²) in [6.45, 7) is 2.87. The van der Waals surface area contributed by atoms with Crippen molar-refractivity contribution in [1.29, 1.82) is 0 Å². The van der Waals surface area contributed by atoms with Gasteiger partial charge in [-0.2, -0.15) is 0 Å². The highest BCUT2D eigenvalue weighted by atomic mass is 16.5. The normalized spacial score (nSPS) is 16.2. The Kier molecular flexibility index (Phi) is 5.46. The van der Waals surface area contributed by atoms with E-state index in [0.717, 1.165) is 18.8 Å². The fourth-order valence-electron chi connectivity index (χ4n) is 2.48. The SMILES string of the molecule is COc1cc(N2CCOCC2)c(OC)cc1CC(N)C(=O)O. The highest BCUT2D eigenvalue weighted by molar-refractivity contribution is 5.74. The minimum Gasteiger partial charge on any atom is -0.496 e. The number of morpholine rings is 1. The van der Waals surface area contributed by atoms with Crippen molar-refractivity contribution in [3.05, 3.63) is 17.7 Å². The van der Waals surface area contributed by atoms with E-state index in [2.05, 4.69) is 4.90 Å². The summed E-state index contributed by atoms with van der Waals surface area (Å²) in [4.78, 5) is 13.1. The predicted octanol–water partition coefficient (Wildman–Crippen LogP) is 0.495. The van der Waals surface area contributed by atoms with Crippen molar-refractivity contribution in [3.8, 4) is 11.5 Å². The first-order valence-corrected chi connectivity index (χ1v) is 7.12. The smallest absolute Gasteiger partial charge is 0.320 e. The van der Waals surface area contributed by atoms with Crippen LogP contribution < -0.4 is 20.1 Å². The van der Waals surface area contributed by atoms with Crippen LogP contribution in [0.25, 0.3) is 0 Å². The monoisotopic (exact) mass is 310 g/mol. The number of nitrogens with zero attached hydrogens (tertiary/aromatic N) is 1. The summed E-state index contributed by atoms with van der Waals surface area (Å²) in [5.41, 5.74) is 7.25. The van der Waals surface area contributed by atoms with Crippen LogP contribution >= 0.6 is 0 Å². The number of benzene rings is 1. The van der Waals surface area contributed by atoms with Gasteiger partial charge in [0.2, 0.25) is 0 Å². The third-order valence-corrected chi connectivity index (χ3v) is 3.69. The molecule has 122 valence electrons. The van der Waals surface area contributed by atoms with E-state index in [9.17, 15) is 4.79 Å². The minimum absolute atomic E-state index is 0.179. The van der Waals surface area contributed by atoms with E-state index in [4.69, 9.17) is 25.1 Å². The molecule has 0 radical (unpaired) electrons. The molecule has 0 aliphatic carbocycles. The second-order valence-corrected chi connectivity index (χ2v) is 5.08. The minimum atomic E-state index is -1.04. The van der Waals surface area contributed by atoms with Crippen LogP contribution in [0.3, 0.4) is 0 Å². The molecule has 2 rings (SSSR count). The van der Waals surface area contributed by atoms with Crippen molar-refractivity contribution in [2.75, 3.05) is 45.4 Å². The summed E-state index contributed by atoms with van der Waals surface area (Å²) in [7, 11) is 3.15. The maximum atomic E-state index is 11.0. The lowest BCUT2D eigenvalue weighted by atomic mass is 10.0. The summed E-state index contributed by atoms with van der Waals surface area (Å²) in [5, 5.41) is 8.97. The number of hydrogen-bond donors (Lipinski definition) is 2. The van der Waals surface area contributed by atoms with Gasteiger partial charge in [-0.05, 0) is 6.07 Å². The van der Waals surface area contributed by atoms with Gasteiger partial charge in [0.25, 0.3) is 0 Å². The van der Waals surface area contributed by atoms with Gasteiger partial charge in [-0.1, -0.05) is 0 Å². The molecule has 1 aromatic carbocycles. The van der Waals surface area contributed by atoms with E-state index in [1.54, 1.807) is 20.3 Å². The standard InChI is InChI=1S/C15H22N2O5/c1-20-13-9-12(17-3-5-22-6-4-17)14(21-2)8-10(13)7-11(16)15(18)19/h8-9,11H,3-7,16H2,1-2H3,(H,18,19). The van der Waals surface area contributed by atoms with Gasteiger partial charge in [-0.3, -0.25) is 4.79 Å². The summed E-state index contributed by atoms with van der Waals surface area (Å²) >= 11 is 0. The zero-order valence-electron chi connectivity index (χ0n) is 12.9. The lowest BCUT2D eigenvalue weighted by Gasteiger charge is -2.30. The Morgan fingerprint density at radius 3 is 2.50 bits per heavy atom. The maximum Gasteiger partial charge on any atom is 0.320 e. The topological polar surface area (TPSA) is 94.3 Å². The number of carboxylic acids is 1. The molecule has 1 fully saturated rings. The zero-order valence-corrected chi connectivity index (χ0v) is 12.9. The van der Waals surface area contributed by atoms with Crippen LogP contribution in [0.5, 0.6) is 11.5 Å². The second kappa shape index (κ2) is 7.33. The number of methoxy groups -OCH3 is 2. The molecule has 22 heavy (non-hydrogen) atoms. The highest BCUT2D eigenvalue weighted by Gasteiger charge is 2.21. The van der Waals surface area contributed by atoms with Crippen LogP contribution in [0.1, 0.15) is 5.56 Å². The number of carbonyl (C=O) groups is 1. The van der Waals surface area contributed by atoms with Crippen molar-refractivity contribution < 1.29 is 24.1 Å². The van der Waals surface area contributed by atoms with E-state index in [1.165, 1.54) is 0 Å². The molecule has 1 atom stereocenters. The Balaban J connectivity index is 2.34. The van der Waals surface area contributed by atoms with Crippen LogP contribution in [-0.4, -0.2) is 57.6 Å². The fourth-order valence-corrected chi connectivity index (χ4v) is 2.48. The number of nitrogens with two attached hydrogens (primary N) is 1. The Morgan fingerprint density at radius 2 is 1.95 bits per heavy atom. The average molecular weight is 310 g/mol. The van der Waals surface area contributed by atoms with Crippen LogP contribution in [0, 0.1) is 0 Å². The molecule has 1 aliphatic heterocycles. The number of rotatable bonds is 6. The summed E-state index contributed by atoms with van der Waals surface area (Å²) in [6.07, 6.45) is 0.179. The summed E-state index contributed by atoms with van der Waals surface area (Å²) in [5.74, 6) is 0.243. The Labute approximate surface area is 129 Å². The van der Waals surface area contributed by atoms with E-state index < -0.39 is 12.0 Å². The lowest BCUT2D eigenvalue weighted by Crippen LogP contribution is -2.36. The lowest BCUT2D eigenvalue weighted by molar-refractivity contribution is -0.138. The molecule has 0 spiro atoms. The van der Waals surface area contributed by atoms with Crippen LogP contribution in [-0.2, 0) is 16.0 Å². The summed E-state index contributed by atoms with van der Waals surface area (Å²) in [6, 6.07) is 2.69. The van der Waals surface area contributed by atoms with Crippen molar-refractivity contribution in [1.82, 2.24) is 0 Å². The van der Waals surface area contributed by atoms with Gasteiger partial charge in [-0.25, -0.2) is 0 Å². The quantitative estimate of drug-likeness (QED) is 0.790. The van der Waals surface area contributed by atoms with Gasteiger partial charge in [0.05, 0.1) is 33.1 Å². The van der Waals surface area contributed by atoms with Gasteiger partial charge in [0.15, 0.2) is 0 Å². The molecule has 0 bridgehead atoms. The van der Waals surface area contributed by atoms with Gasteiger partial charge in [0.1, 0.15) is 17.5 Å². The molecule has 1 unspecified atom stereocenters. The van der Waals surface area contributed by atoms with E-state index >= 15 is 0 Å². The fraction of sp³-hybridized carbons (Fsp3) is 0.533. The van der Waals surface area contributed by atoms with Crippen molar-refractivity contribution in [2.45, 2.75) is 12.5 Å².